The van der Waals surface area contributed by atoms with Crippen LogP contribution < -0.4 is 0 Å². The molecule has 3 rings (SSSR count). The van der Waals surface area contributed by atoms with E-state index in [0.29, 0.717) is 21.4 Å². The molecule has 0 spiro atoms. The highest BCUT2D eigenvalue weighted by molar-refractivity contribution is 7.95. The summed E-state index contributed by atoms with van der Waals surface area (Å²) < 4.78 is 25.1. The summed E-state index contributed by atoms with van der Waals surface area (Å²) in [5, 5.41) is 0.469. The maximum atomic E-state index is 12.5. The van der Waals surface area contributed by atoms with E-state index in [4.69, 9.17) is 11.6 Å². The average molecular weight is 312 g/mol. The van der Waals surface area contributed by atoms with Crippen LogP contribution in [0.4, 0.5) is 0 Å². The Morgan fingerprint density at radius 2 is 1.80 bits per heavy atom. The lowest BCUT2D eigenvalue weighted by Crippen LogP contribution is -2.28. The summed E-state index contributed by atoms with van der Waals surface area (Å²) >= 11 is 5.91. The van der Waals surface area contributed by atoms with Crippen molar-refractivity contribution in [3.05, 3.63) is 33.7 Å². The smallest absolute Gasteiger partial charge is 0.204 e. The molecule has 0 radical (unpaired) electrons. The number of benzene rings is 1. The molecule has 2 aliphatic heterocycles. The van der Waals surface area contributed by atoms with Crippen molar-refractivity contribution in [2.24, 2.45) is 0 Å². The van der Waals surface area contributed by atoms with Crippen molar-refractivity contribution >= 4 is 27.5 Å². The topological polar surface area (TPSA) is 37.4 Å². The Morgan fingerprint density at radius 3 is 2.50 bits per heavy atom. The number of rotatable bonds is 2. The molecule has 0 bridgehead atoms. The van der Waals surface area contributed by atoms with E-state index >= 15 is 0 Å². The highest BCUT2D eigenvalue weighted by atomic mass is 35.5. The van der Waals surface area contributed by atoms with E-state index in [0.717, 1.165) is 31.5 Å². The Hall–Kier alpha value is -0.840. The number of likely N-dealkylation sites (tertiary alicyclic amines) is 1. The summed E-state index contributed by atoms with van der Waals surface area (Å²) in [6, 6.07) is 5.07. The first-order valence-corrected chi connectivity index (χ1v) is 8.91. The van der Waals surface area contributed by atoms with Crippen molar-refractivity contribution in [2.45, 2.75) is 30.6 Å². The van der Waals surface area contributed by atoms with Gasteiger partial charge in [0.1, 0.15) is 0 Å². The van der Waals surface area contributed by atoms with E-state index < -0.39 is 9.84 Å². The molecule has 0 aromatic heterocycles. The second kappa shape index (κ2) is 5.51. The van der Waals surface area contributed by atoms with Crippen LogP contribution in [0.25, 0.3) is 6.08 Å². The van der Waals surface area contributed by atoms with Crippen LogP contribution in [0.1, 0.15) is 31.2 Å². The maximum absolute atomic E-state index is 12.5. The molecule has 1 aromatic carbocycles. The van der Waals surface area contributed by atoms with Crippen molar-refractivity contribution in [1.82, 2.24) is 4.90 Å². The van der Waals surface area contributed by atoms with Gasteiger partial charge in [-0.2, -0.15) is 0 Å². The van der Waals surface area contributed by atoms with Gasteiger partial charge in [0.25, 0.3) is 0 Å². The molecule has 0 atom stereocenters. The Kier molecular flexibility index (Phi) is 3.89. The van der Waals surface area contributed by atoms with Crippen molar-refractivity contribution in [3.8, 4) is 0 Å². The lowest BCUT2D eigenvalue weighted by atomic mass is 10.2. The number of sulfone groups is 1. The molecule has 3 nitrogen and oxygen atoms in total. The third-order valence-electron chi connectivity index (χ3n) is 4.00. The van der Waals surface area contributed by atoms with Gasteiger partial charge in [-0.1, -0.05) is 30.5 Å². The number of halogens is 1. The second-order valence-electron chi connectivity index (χ2n) is 5.49. The van der Waals surface area contributed by atoms with E-state index in [1.54, 1.807) is 24.3 Å². The summed E-state index contributed by atoms with van der Waals surface area (Å²) in [6.45, 7) is 2.50. The van der Waals surface area contributed by atoms with Crippen molar-refractivity contribution in [1.29, 1.82) is 0 Å². The molecular weight excluding hydrogens is 294 g/mol. The maximum Gasteiger partial charge on any atom is 0.204 e. The molecule has 0 amide bonds. The zero-order chi connectivity index (χ0) is 14.2. The number of nitrogens with zero attached hydrogens (tertiary/aromatic N) is 1. The van der Waals surface area contributed by atoms with Gasteiger partial charge in [0, 0.05) is 11.6 Å². The molecule has 0 aliphatic carbocycles. The molecule has 2 heterocycles. The number of hydrogen-bond acceptors (Lipinski definition) is 3. The first-order chi connectivity index (χ1) is 9.57. The highest BCUT2D eigenvalue weighted by Gasteiger charge is 2.30. The molecule has 20 heavy (non-hydrogen) atoms. The zero-order valence-corrected chi connectivity index (χ0v) is 12.9. The summed E-state index contributed by atoms with van der Waals surface area (Å²) in [4.78, 5) is 3.12. The van der Waals surface area contributed by atoms with Crippen LogP contribution in [0.15, 0.2) is 28.0 Å². The van der Waals surface area contributed by atoms with Crippen LogP contribution in [0.2, 0.25) is 5.02 Å². The van der Waals surface area contributed by atoms with Gasteiger partial charge in [0.15, 0.2) is 0 Å². The fourth-order valence-electron chi connectivity index (χ4n) is 2.90. The summed E-state index contributed by atoms with van der Waals surface area (Å²) in [7, 11) is -3.35. The predicted octanol–water partition coefficient (Wildman–Crippen LogP) is 3.34. The quantitative estimate of drug-likeness (QED) is 0.840. The minimum absolute atomic E-state index is 0.356. The first kappa shape index (κ1) is 14.1. The molecule has 1 saturated heterocycles. The Balaban J connectivity index is 1.85. The fraction of sp³-hybridized carbons (Fsp3) is 0.467. The van der Waals surface area contributed by atoms with Crippen LogP contribution in [-0.4, -0.2) is 33.0 Å². The van der Waals surface area contributed by atoms with Crippen LogP contribution in [0.5, 0.6) is 0 Å². The Morgan fingerprint density at radius 1 is 1.10 bits per heavy atom. The molecular formula is C15H18ClNO2S. The SMILES string of the molecule is O=S1(=O)C(CN2CCCCCC2)=Cc2ccc(Cl)cc21. The monoisotopic (exact) mass is 311 g/mol. The van der Waals surface area contributed by atoms with Crippen molar-refractivity contribution < 1.29 is 8.42 Å². The molecule has 108 valence electrons. The van der Waals surface area contributed by atoms with E-state index in [9.17, 15) is 8.42 Å². The molecule has 2 aliphatic rings. The van der Waals surface area contributed by atoms with Gasteiger partial charge in [-0.25, -0.2) is 8.42 Å². The minimum Gasteiger partial charge on any atom is -0.298 e. The summed E-state index contributed by atoms with van der Waals surface area (Å²) in [5.41, 5.74) is 0.763. The van der Waals surface area contributed by atoms with E-state index in [1.165, 1.54) is 12.8 Å². The number of fused-ring (bicyclic) bond motifs is 1. The largest absolute Gasteiger partial charge is 0.298 e. The van der Waals surface area contributed by atoms with Gasteiger partial charge >= 0.3 is 0 Å². The highest BCUT2D eigenvalue weighted by Crippen LogP contribution is 2.35. The van der Waals surface area contributed by atoms with Gasteiger partial charge in [-0.3, -0.25) is 4.90 Å². The molecule has 5 heteroatoms. The van der Waals surface area contributed by atoms with Crippen LogP contribution in [0.3, 0.4) is 0 Å². The van der Waals surface area contributed by atoms with Gasteiger partial charge in [-0.15, -0.1) is 0 Å². The molecule has 0 saturated carbocycles. The van der Waals surface area contributed by atoms with Gasteiger partial charge in [-0.05, 0) is 49.7 Å². The molecule has 0 unspecified atom stereocenters. The minimum atomic E-state index is -3.35. The predicted molar refractivity (Wildman–Crippen MR) is 81.5 cm³/mol. The lowest BCUT2D eigenvalue weighted by Gasteiger charge is -2.19. The van der Waals surface area contributed by atoms with Crippen LogP contribution >= 0.6 is 11.6 Å². The zero-order valence-electron chi connectivity index (χ0n) is 11.3. The van der Waals surface area contributed by atoms with Gasteiger partial charge in [0.05, 0.1) is 9.80 Å². The molecule has 1 fully saturated rings. The van der Waals surface area contributed by atoms with Gasteiger partial charge < -0.3 is 0 Å². The Bertz CT molecular complexity index is 644. The average Bonchev–Trinajstić information content (AvgIpc) is 2.61. The molecule has 0 N–H and O–H groups in total. The first-order valence-electron chi connectivity index (χ1n) is 7.05. The lowest BCUT2D eigenvalue weighted by molar-refractivity contribution is 0.313. The van der Waals surface area contributed by atoms with E-state index in [1.807, 2.05) is 0 Å². The number of hydrogen-bond donors (Lipinski definition) is 0. The molecule has 1 aromatic rings. The summed E-state index contributed by atoms with van der Waals surface area (Å²) in [5.74, 6) is 0. The fourth-order valence-corrected chi connectivity index (χ4v) is 4.77. The van der Waals surface area contributed by atoms with Crippen molar-refractivity contribution in [2.75, 3.05) is 19.6 Å². The third kappa shape index (κ3) is 2.65. The normalized spacial score (nSPS) is 22.1. The second-order valence-corrected chi connectivity index (χ2v) is 7.89. The van der Waals surface area contributed by atoms with Crippen molar-refractivity contribution in [3.63, 3.8) is 0 Å². The van der Waals surface area contributed by atoms with Crippen LogP contribution in [0, 0.1) is 0 Å². The van der Waals surface area contributed by atoms with Crippen LogP contribution in [-0.2, 0) is 9.84 Å². The Labute approximate surface area is 125 Å². The summed E-state index contributed by atoms with van der Waals surface area (Å²) in [6.07, 6.45) is 6.61. The van der Waals surface area contributed by atoms with E-state index in [-0.39, 0.29) is 0 Å². The standard InChI is InChI=1S/C15H18ClNO2S/c16-13-6-5-12-9-14(20(18,19)15(12)10-13)11-17-7-3-1-2-4-8-17/h5-6,9-10H,1-4,7-8,11H2. The van der Waals surface area contributed by atoms with Gasteiger partial charge in [0.2, 0.25) is 9.84 Å². The van der Waals surface area contributed by atoms with E-state index in [2.05, 4.69) is 4.90 Å². The third-order valence-corrected chi connectivity index (χ3v) is 6.11.